The predicted octanol–water partition coefficient (Wildman–Crippen LogP) is 2.51. The van der Waals surface area contributed by atoms with Gasteiger partial charge in [-0.2, -0.15) is 5.10 Å². The summed E-state index contributed by atoms with van der Waals surface area (Å²) in [5.74, 6) is -0.626. The highest BCUT2D eigenvalue weighted by Crippen LogP contribution is 2.23. The van der Waals surface area contributed by atoms with E-state index >= 15 is 0 Å². The minimum absolute atomic E-state index is 0.00139. The maximum Gasteiger partial charge on any atom is 0.359 e. The molecule has 0 fully saturated rings. The normalized spacial score (nSPS) is 10.9. The molecule has 20 heavy (non-hydrogen) atoms. The first-order valence-corrected chi connectivity index (χ1v) is 6.25. The van der Waals surface area contributed by atoms with Crippen molar-refractivity contribution in [2.24, 2.45) is 5.16 Å². The first-order valence-electron chi connectivity index (χ1n) is 5.87. The molecule has 2 aromatic rings. The molecule has 7 heteroatoms. The fourth-order valence-electron chi connectivity index (χ4n) is 1.67. The average Bonchev–Trinajstić information content (AvgIpc) is 2.78. The van der Waals surface area contributed by atoms with Gasteiger partial charge in [-0.15, -0.1) is 0 Å². The van der Waals surface area contributed by atoms with Gasteiger partial charge in [-0.25, -0.2) is 9.48 Å². The second-order valence-corrected chi connectivity index (χ2v) is 4.12. The van der Waals surface area contributed by atoms with Crippen LogP contribution in [-0.2, 0) is 4.74 Å². The van der Waals surface area contributed by atoms with Gasteiger partial charge in [0.1, 0.15) is 5.15 Å². The van der Waals surface area contributed by atoms with Crippen molar-refractivity contribution in [2.75, 3.05) is 6.61 Å². The molecule has 0 spiro atoms. The molecule has 0 saturated heterocycles. The molecule has 0 amide bonds. The fraction of sp³-hybridized carbons (Fsp3) is 0.154. The van der Waals surface area contributed by atoms with Gasteiger partial charge in [-0.3, -0.25) is 0 Å². The number of halogens is 1. The summed E-state index contributed by atoms with van der Waals surface area (Å²) in [5, 5.41) is 15.9. The number of aromatic nitrogens is 2. The van der Waals surface area contributed by atoms with Crippen molar-refractivity contribution < 1.29 is 14.7 Å². The molecule has 0 radical (unpaired) electrons. The first-order chi connectivity index (χ1) is 9.69. The summed E-state index contributed by atoms with van der Waals surface area (Å²) in [4.78, 5) is 11.8. The van der Waals surface area contributed by atoms with Crippen LogP contribution in [0.3, 0.4) is 0 Å². The molecule has 0 saturated carbocycles. The molecule has 1 heterocycles. The molecule has 0 atom stereocenters. The van der Waals surface area contributed by atoms with Crippen LogP contribution in [-0.4, -0.2) is 33.8 Å². The van der Waals surface area contributed by atoms with E-state index in [0.29, 0.717) is 5.69 Å². The average molecular weight is 294 g/mol. The molecule has 0 aliphatic rings. The summed E-state index contributed by atoms with van der Waals surface area (Å²) in [5.41, 5.74) is 0.885. The minimum atomic E-state index is -0.626. The van der Waals surface area contributed by atoms with Crippen LogP contribution in [0.15, 0.2) is 35.5 Å². The lowest BCUT2D eigenvalue weighted by Gasteiger charge is -2.01. The number of benzene rings is 1. The first kappa shape index (κ1) is 14.1. The molecule has 6 nitrogen and oxygen atoms in total. The van der Waals surface area contributed by atoms with Crippen LogP contribution in [0.4, 0.5) is 0 Å². The zero-order chi connectivity index (χ0) is 14.5. The topological polar surface area (TPSA) is 76.7 Å². The summed E-state index contributed by atoms with van der Waals surface area (Å²) in [7, 11) is 0. The molecule has 0 aliphatic heterocycles. The fourth-order valence-corrected chi connectivity index (χ4v) is 1.95. The van der Waals surface area contributed by atoms with Crippen LogP contribution in [0, 0.1) is 0 Å². The Morgan fingerprint density at radius 2 is 2.20 bits per heavy atom. The summed E-state index contributed by atoms with van der Waals surface area (Å²) >= 11 is 6.18. The number of nitrogens with zero attached hydrogens (tertiary/aromatic N) is 3. The third-order valence-corrected chi connectivity index (χ3v) is 2.88. The van der Waals surface area contributed by atoms with E-state index in [1.807, 2.05) is 18.2 Å². The van der Waals surface area contributed by atoms with Gasteiger partial charge >= 0.3 is 5.97 Å². The van der Waals surface area contributed by atoms with E-state index in [9.17, 15) is 4.79 Å². The quantitative estimate of drug-likeness (QED) is 0.407. The number of para-hydroxylation sites is 1. The highest BCUT2D eigenvalue weighted by atomic mass is 35.5. The molecule has 1 aromatic carbocycles. The minimum Gasteiger partial charge on any atom is -0.461 e. The number of ether oxygens (including phenoxy) is 1. The third kappa shape index (κ3) is 2.65. The molecule has 0 bridgehead atoms. The summed E-state index contributed by atoms with van der Waals surface area (Å²) in [6.07, 6.45) is 1.06. The lowest BCUT2D eigenvalue weighted by atomic mass is 10.2. The van der Waals surface area contributed by atoms with Crippen molar-refractivity contribution in [3.63, 3.8) is 0 Å². The molecule has 104 valence electrons. The van der Waals surface area contributed by atoms with E-state index in [0.717, 1.165) is 6.21 Å². The number of oxime groups is 1. The molecular weight excluding hydrogens is 282 g/mol. The SMILES string of the molecule is CCOC(=O)c1nn(-c2ccccc2)c(Cl)c1/C=N/O. The van der Waals surface area contributed by atoms with Crippen molar-refractivity contribution in [3.05, 3.63) is 46.7 Å². The van der Waals surface area contributed by atoms with E-state index in [1.165, 1.54) is 4.68 Å². The third-order valence-electron chi connectivity index (χ3n) is 2.52. The predicted molar refractivity (Wildman–Crippen MR) is 73.9 cm³/mol. The second kappa shape index (κ2) is 6.21. The maximum atomic E-state index is 11.8. The standard InChI is InChI=1S/C13H12ClN3O3/c1-2-20-13(18)11-10(8-15-19)12(14)17(16-11)9-6-4-3-5-7-9/h3-8,19H,2H2,1H3/b15-8+. The number of rotatable bonds is 4. The van der Waals surface area contributed by atoms with Gasteiger partial charge in [0.2, 0.25) is 0 Å². The lowest BCUT2D eigenvalue weighted by molar-refractivity contribution is 0.0519. The smallest absolute Gasteiger partial charge is 0.359 e. The van der Waals surface area contributed by atoms with Crippen LogP contribution >= 0.6 is 11.6 Å². The van der Waals surface area contributed by atoms with Crippen molar-refractivity contribution in [2.45, 2.75) is 6.92 Å². The Balaban J connectivity index is 2.56. The lowest BCUT2D eigenvalue weighted by Crippen LogP contribution is -2.08. The van der Waals surface area contributed by atoms with Crippen LogP contribution in [0.25, 0.3) is 5.69 Å². The van der Waals surface area contributed by atoms with E-state index in [1.54, 1.807) is 19.1 Å². The Morgan fingerprint density at radius 1 is 1.50 bits per heavy atom. The van der Waals surface area contributed by atoms with E-state index in [2.05, 4.69) is 10.3 Å². The zero-order valence-electron chi connectivity index (χ0n) is 10.7. The Labute approximate surface area is 120 Å². The number of carbonyl (C=O) groups excluding carboxylic acids is 1. The number of esters is 1. The molecular formula is C13H12ClN3O3. The van der Waals surface area contributed by atoms with Crippen molar-refractivity contribution in [1.29, 1.82) is 0 Å². The van der Waals surface area contributed by atoms with Gasteiger partial charge in [0.05, 0.1) is 24.1 Å². The number of hydrogen-bond acceptors (Lipinski definition) is 5. The van der Waals surface area contributed by atoms with Gasteiger partial charge in [0, 0.05) is 0 Å². The second-order valence-electron chi connectivity index (χ2n) is 3.77. The van der Waals surface area contributed by atoms with Crippen molar-refractivity contribution in [3.8, 4) is 5.69 Å². The highest BCUT2D eigenvalue weighted by Gasteiger charge is 2.22. The van der Waals surface area contributed by atoms with Crippen LogP contribution < -0.4 is 0 Å². The van der Waals surface area contributed by atoms with Gasteiger partial charge in [-0.1, -0.05) is 35.0 Å². The Hall–Kier alpha value is -2.34. The molecule has 1 N–H and O–H groups in total. The van der Waals surface area contributed by atoms with E-state index in [4.69, 9.17) is 21.5 Å². The Kier molecular flexibility index (Phi) is 4.37. The highest BCUT2D eigenvalue weighted by molar-refractivity contribution is 6.33. The summed E-state index contributed by atoms with van der Waals surface area (Å²) < 4.78 is 6.28. The zero-order valence-corrected chi connectivity index (χ0v) is 11.4. The van der Waals surface area contributed by atoms with E-state index in [-0.39, 0.29) is 23.0 Å². The van der Waals surface area contributed by atoms with Gasteiger partial charge in [-0.05, 0) is 19.1 Å². The molecule has 1 aromatic heterocycles. The number of hydrogen-bond donors (Lipinski definition) is 1. The van der Waals surface area contributed by atoms with Crippen LogP contribution in [0.1, 0.15) is 23.0 Å². The molecule has 2 rings (SSSR count). The van der Waals surface area contributed by atoms with Crippen molar-refractivity contribution >= 4 is 23.8 Å². The van der Waals surface area contributed by atoms with Crippen molar-refractivity contribution in [1.82, 2.24) is 9.78 Å². The Bertz CT molecular complexity index is 638. The van der Waals surface area contributed by atoms with E-state index < -0.39 is 5.97 Å². The summed E-state index contributed by atoms with van der Waals surface area (Å²) in [6.45, 7) is 1.90. The van der Waals surface area contributed by atoms with Gasteiger partial charge < -0.3 is 9.94 Å². The van der Waals surface area contributed by atoms with Crippen LogP contribution in [0.5, 0.6) is 0 Å². The monoisotopic (exact) mass is 293 g/mol. The molecule has 0 aliphatic carbocycles. The number of carbonyl (C=O) groups is 1. The Morgan fingerprint density at radius 3 is 2.80 bits per heavy atom. The van der Waals surface area contributed by atoms with Crippen LogP contribution in [0.2, 0.25) is 5.15 Å². The summed E-state index contributed by atoms with van der Waals surface area (Å²) in [6, 6.07) is 9.05. The maximum absolute atomic E-state index is 11.8. The van der Waals surface area contributed by atoms with Gasteiger partial charge in [0.15, 0.2) is 5.69 Å². The molecule has 0 unspecified atom stereocenters. The largest absolute Gasteiger partial charge is 0.461 e. The van der Waals surface area contributed by atoms with Gasteiger partial charge in [0.25, 0.3) is 0 Å².